The van der Waals surface area contributed by atoms with Gasteiger partial charge in [0.05, 0.1) is 23.4 Å². The zero-order valence-electron chi connectivity index (χ0n) is 18.6. The average Bonchev–Trinajstić information content (AvgIpc) is 3.34. The Morgan fingerprint density at radius 1 is 0.969 bits per heavy atom. The maximum absolute atomic E-state index is 12.8. The quantitative estimate of drug-likeness (QED) is 0.413. The first-order valence-electron chi connectivity index (χ1n) is 11.3. The standard InChI is InChI=1S/C25H31N3O3S/c1-2-3-4-11-18-31-22-15-8-6-13-20(22)23(29)27-25(32)26-21-14-7-5-12-19(21)24(30)28-16-9-10-17-28/h5-8,12-15H,2-4,9-11,16-18H2,1H3,(H2,26,27,29,32). The molecule has 0 aromatic heterocycles. The summed E-state index contributed by atoms with van der Waals surface area (Å²) in [6.45, 7) is 4.27. The van der Waals surface area contributed by atoms with Gasteiger partial charge < -0.3 is 15.0 Å². The lowest BCUT2D eigenvalue weighted by atomic mass is 10.1. The van der Waals surface area contributed by atoms with Crippen LogP contribution in [0.5, 0.6) is 5.75 Å². The molecule has 2 N–H and O–H groups in total. The van der Waals surface area contributed by atoms with Crippen LogP contribution in [0.25, 0.3) is 0 Å². The smallest absolute Gasteiger partial charge is 0.261 e. The molecule has 0 atom stereocenters. The highest BCUT2D eigenvalue weighted by molar-refractivity contribution is 7.80. The van der Waals surface area contributed by atoms with Crippen molar-refractivity contribution in [2.45, 2.75) is 45.4 Å². The van der Waals surface area contributed by atoms with Gasteiger partial charge in [-0.2, -0.15) is 0 Å². The zero-order valence-corrected chi connectivity index (χ0v) is 19.4. The molecule has 0 bridgehead atoms. The molecule has 2 amide bonds. The average molecular weight is 454 g/mol. The molecule has 2 aromatic rings. The number of likely N-dealkylation sites (tertiary alicyclic amines) is 1. The van der Waals surface area contributed by atoms with E-state index in [-0.39, 0.29) is 16.9 Å². The minimum atomic E-state index is -0.352. The van der Waals surface area contributed by atoms with Crippen LogP contribution in [-0.2, 0) is 0 Å². The predicted octanol–water partition coefficient (Wildman–Crippen LogP) is 5.01. The van der Waals surface area contributed by atoms with E-state index >= 15 is 0 Å². The topological polar surface area (TPSA) is 70.7 Å². The molecule has 2 aromatic carbocycles. The van der Waals surface area contributed by atoms with Crippen molar-refractivity contribution < 1.29 is 14.3 Å². The summed E-state index contributed by atoms with van der Waals surface area (Å²) < 4.78 is 5.84. The van der Waals surface area contributed by atoms with Crippen LogP contribution in [0.4, 0.5) is 5.69 Å². The molecule has 0 aliphatic carbocycles. The maximum Gasteiger partial charge on any atom is 0.261 e. The molecule has 7 heteroatoms. The molecule has 1 saturated heterocycles. The number of hydrogen-bond acceptors (Lipinski definition) is 4. The van der Waals surface area contributed by atoms with E-state index in [4.69, 9.17) is 17.0 Å². The third kappa shape index (κ3) is 6.53. The van der Waals surface area contributed by atoms with E-state index in [1.165, 1.54) is 6.42 Å². The SMILES string of the molecule is CCCCCCOc1ccccc1C(=O)NC(=S)Nc1ccccc1C(=O)N1CCCC1. The fraction of sp³-hybridized carbons (Fsp3) is 0.400. The van der Waals surface area contributed by atoms with Crippen LogP contribution >= 0.6 is 12.2 Å². The highest BCUT2D eigenvalue weighted by Crippen LogP contribution is 2.21. The van der Waals surface area contributed by atoms with Gasteiger partial charge in [-0.05, 0) is 55.7 Å². The third-order valence-corrected chi connectivity index (χ3v) is 5.62. The first kappa shape index (κ1) is 23.7. The lowest BCUT2D eigenvalue weighted by Gasteiger charge is -2.19. The van der Waals surface area contributed by atoms with Crippen molar-refractivity contribution in [3.8, 4) is 5.75 Å². The second-order valence-corrected chi connectivity index (χ2v) is 8.27. The minimum absolute atomic E-state index is 0.0263. The largest absolute Gasteiger partial charge is 0.493 e. The van der Waals surface area contributed by atoms with Crippen LogP contribution in [0.2, 0.25) is 0 Å². The van der Waals surface area contributed by atoms with E-state index in [9.17, 15) is 9.59 Å². The highest BCUT2D eigenvalue weighted by Gasteiger charge is 2.22. The summed E-state index contributed by atoms with van der Waals surface area (Å²) in [6.07, 6.45) is 6.44. The van der Waals surface area contributed by atoms with Crippen LogP contribution in [0.15, 0.2) is 48.5 Å². The first-order chi connectivity index (χ1) is 15.6. The summed E-state index contributed by atoms with van der Waals surface area (Å²) in [5, 5.41) is 5.85. The number of benzene rings is 2. The van der Waals surface area contributed by atoms with Crippen LogP contribution in [-0.4, -0.2) is 41.5 Å². The number of thiocarbonyl (C=S) groups is 1. The van der Waals surface area contributed by atoms with Crippen molar-refractivity contribution in [3.05, 3.63) is 59.7 Å². The fourth-order valence-corrected chi connectivity index (χ4v) is 3.89. The van der Waals surface area contributed by atoms with E-state index in [1.807, 2.05) is 23.1 Å². The molecule has 1 aliphatic rings. The number of para-hydroxylation sites is 2. The van der Waals surface area contributed by atoms with Crippen molar-refractivity contribution in [3.63, 3.8) is 0 Å². The van der Waals surface area contributed by atoms with E-state index in [0.717, 1.165) is 45.2 Å². The number of carbonyl (C=O) groups is 2. The second-order valence-electron chi connectivity index (χ2n) is 7.86. The monoisotopic (exact) mass is 453 g/mol. The maximum atomic E-state index is 12.8. The van der Waals surface area contributed by atoms with Gasteiger partial charge in [-0.1, -0.05) is 50.5 Å². The molecule has 6 nitrogen and oxygen atoms in total. The van der Waals surface area contributed by atoms with Gasteiger partial charge in [-0.25, -0.2) is 0 Å². The van der Waals surface area contributed by atoms with Gasteiger partial charge in [0.1, 0.15) is 5.75 Å². The first-order valence-corrected chi connectivity index (χ1v) is 11.7. The third-order valence-electron chi connectivity index (χ3n) is 5.41. The molecule has 3 rings (SSSR count). The van der Waals surface area contributed by atoms with Gasteiger partial charge in [0.2, 0.25) is 0 Å². The lowest BCUT2D eigenvalue weighted by Crippen LogP contribution is -2.35. The number of anilines is 1. The van der Waals surface area contributed by atoms with Gasteiger partial charge in [0.15, 0.2) is 5.11 Å². The molecule has 1 heterocycles. The Labute approximate surface area is 195 Å². The van der Waals surface area contributed by atoms with Gasteiger partial charge in [-0.15, -0.1) is 0 Å². The molecule has 170 valence electrons. The number of amides is 2. The Hall–Kier alpha value is -2.93. The molecule has 0 radical (unpaired) electrons. The number of nitrogens with zero attached hydrogens (tertiary/aromatic N) is 1. The molecule has 0 saturated carbocycles. The van der Waals surface area contributed by atoms with Crippen LogP contribution in [0.3, 0.4) is 0 Å². The van der Waals surface area contributed by atoms with E-state index in [2.05, 4.69) is 17.6 Å². The number of unbranched alkanes of at least 4 members (excludes halogenated alkanes) is 3. The van der Waals surface area contributed by atoms with Crippen molar-refractivity contribution in [1.29, 1.82) is 0 Å². The number of nitrogens with one attached hydrogen (secondary N) is 2. The summed E-state index contributed by atoms with van der Waals surface area (Å²) in [5.41, 5.74) is 1.55. The molecule has 1 aliphatic heterocycles. The Kier molecular flexibility index (Phi) is 9.04. The van der Waals surface area contributed by atoms with Crippen molar-refractivity contribution in [2.75, 3.05) is 25.0 Å². The Morgan fingerprint density at radius 2 is 1.66 bits per heavy atom. The van der Waals surface area contributed by atoms with Gasteiger partial charge in [0, 0.05) is 13.1 Å². The Bertz CT molecular complexity index is 942. The summed E-state index contributed by atoms with van der Waals surface area (Å²) in [5.74, 6) is 0.158. The van der Waals surface area contributed by atoms with Crippen LogP contribution in [0.1, 0.15) is 66.2 Å². The summed E-state index contributed by atoms with van der Waals surface area (Å²) in [7, 11) is 0. The number of hydrogen-bond donors (Lipinski definition) is 2. The van der Waals surface area contributed by atoms with Crippen molar-refractivity contribution in [1.82, 2.24) is 10.2 Å². The predicted molar refractivity (Wildman–Crippen MR) is 131 cm³/mol. The Balaban J connectivity index is 1.61. The molecule has 1 fully saturated rings. The molecular formula is C25H31N3O3S. The van der Waals surface area contributed by atoms with E-state index < -0.39 is 0 Å². The number of ether oxygens (including phenoxy) is 1. The highest BCUT2D eigenvalue weighted by atomic mass is 32.1. The van der Waals surface area contributed by atoms with Crippen LogP contribution in [0, 0.1) is 0 Å². The van der Waals surface area contributed by atoms with E-state index in [0.29, 0.717) is 29.2 Å². The van der Waals surface area contributed by atoms with E-state index in [1.54, 1.807) is 30.3 Å². The minimum Gasteiger partial charge on any atom is -0.493 e. The molecule has 0 spiro atoms. The number of rotatable bonds is 9. The fourth-order valence-electron chi connectivity index (χ4n) is 3.68. The van der Waals surface area contributed by atoms with Crippen LogP contribution < -0.4 is 15.4 Å². The van der Waals surface area contributed by atoms with Gasteiger partial charge >= 0.3 is 0 Å². The summed E-state index contributed by atoms with van der Waals surface area (Å²) in [4.78, 5) is 27.5. The number of carbonyl (C=O) groups excluding carboxylic acids is 2. The van der Waals surface area contributed by atoms with Gasteiger partial charge in [0.25, 0.3) is 11.8 Å². The molecule has 0 unspecified atom stereocenters. The van der Waals surface area contributed by atoms with Gasteiger partial charge in [-0.3, -0.25) is 14.9 Å². The molecule has 32 heavy (non-hydrogen) atoms. The lowest BCUT2D eigenvalue weighted by molar-refractivity contribution is 0.0793. The normalized spacial score (nSPS) is 13.0. The van der Waals surface area contributed by atoms with Crippen molar-refractivity contribution >= 4 is 34.8 Å². The zero-order chi connectivity index (χ0) is 22.8. The summed E-state index contributed by atoms with van der Waals surface area (Å²) in [6, 6.07) is 14.3. The Morgan fingerprint density at radius 3 is 2.41 bits per heavy atom. The summed E-state index contributed by atoms with van der Waals surface area (Å²) >= 11 is 5.36. The van der Waals surface area contributed by atoms with Crippen molar-refractivity contribution in [2.24, 2.45) is 0 Å². The molecular weight excluding hydrogens is 422 g/mol. The second kappa shape index (κ2) is 12.2.